The SMILES string of the molecule is COc1ccc(CNC(=O)[C@@H](C)N(C)Cc2cccc(Cl)c2Cl)cc1. The third kappa shape index (κ3) is 5.36. The van der Waals surface area contributed by atoms with E-state index in [0.29, 0.717) is 23.1 Å². The Morgan fingerprint density at radius 1 is 1.20 bits per heavy atom. The number of ether oxygens (including phenoxy) is 1. The number of methoxy groups -OCH3 is 1. The molecule has 0 bridgehead atoms. The Bertz CT molecular complexity index is 720. The standard InChI is InChI=1S/C19H22Cl2N2O2/c1-13(23(2)12-15-5-4-6-17(20)18(15)21)19(24)22-11-14-7-9-16(25-3)10-8-14/h4-10,13H,11-12H2,1-3H3,(H,22,24)/t13-/m1/s1. The van der Waals surface area contributed by atoms with Gasteiger partial charge in [0.1, 0.15) is 5.75 Å². The number of benzene rings is 2. The van der Waals surface area contributed by atoms with Gasteiger partial charge in [-0.05, 0) is 43.3 Å². The van der Waals surface area contributed by atoms with E-state index >= 15 is 0 Å². The van der Waals surface area contributed by atoms with Gasteiger partial charge in [0.2, 0.25) is 5.91 Å². The highest BCUT2D eigenvalue weighted by Crippen LogP contribution is 2.26. The minimum atomic E-state index is -0.298. The number of carbonyl (C=O) groups is 1. The van der Waals surface area contributed by atoms with Gasteiger partial charge in [0.05, 0.1) is 23.2 Å². The molecule has 0 fully saturated rings. The molecule has 1 N–H and O–H groups in total. The zero-order chi connectivity index (χ0) is 18.4. The largest absolute Gasteiger partial charge is 0.497 e. The number of nitrogens with one attached hydrogen (secondary N) is 1. The molecule has 25 heavy (non-hydrogen) atoms. The van der Waals surface area contributed by atoms with Crippen LogP contribution in [0.1, 0.15) is 18.1 Å². The van der Waals surface area contributed by atoms with Gasteiger partial charge in [-0.1, -0.05) is 47.5 Å². The summed E-state index contributed by atoms with van der Waals surface area (Å²) in [5.74, 6) is 0.748. The van der Waals surface area contributed by atoms with Crippen LogP contribution >= 0.6 is 23.2 Å². The molecule has 0 unspecified atom stereocenters. The number of nitrogens with zero attached hydrogens (tertiary/aromatic N) is 1. The molecule has 0 radical (unpaired) electrons. The maximum atomic E-state index is 12.4. The Kier molecular flexibility index (Phi) is 7.12. The Labute approximate surface area is 158 Å². The Morgan fingerprint density at radius 3 is 2.52 bits per heavy atom. The number of hydrogen-bond acceptors (Lipinski definition) is 3. The highest BCUT2D eigenvalue weighted by Gasteiger charge is 2.19. The highest BCUT2D eigenvalue weighted by atomic mass is 35.5. The minimum Gasteiger partial charge on any atom is -0.497 e. The molecule has 0 saturated carbocycles. The van der Waals surface area contributed by atoms with Crippen LogP contribution in [0.2, 0.25) is 10.0 Å². The van der Waals surface area contributed by atoms with Crippen molar-refractivity contribution in [2.24, 2.45) is 0 Å². The summed E-state index contributed by atoms with van der Waals surface area (Å²) >= 11 is 12.3. The summed E-state index contributed by atoms with van der Waals surface area (Å²) in [5.41, 5.74) is 1.91. The zero-order valence-corrected chi connectivity index (χ0v) is 16.1. The predicted octanol–water partition coefficient (Wildman–Crippen LogP) is 4.14. The van der Waals surface area contributed by atoms with Gasteiger partial charge >= 0.3 is 0 Å². The van der Waals surface area contributed by atoms with Crippen LogP contribution < -0.4 is 10.1 Å². The summed E-state index contributed by atoms with van der Waals surface area (Å²) in [6.45, 7) is 2.87. The summed E-state index contributed by atoms with van der Waals surface area (Å²) in [6.07, 6.45) is 0. The van der Waals surface area contributed by atoms with E-state index in [9.17, 15) is 4.79 Å². The van der Waals surface area contributed by atoms with Gasteiger partial charge in [-0.2, -0.15) is 0 Å². The van der Waals surface area contributed by atoms with E-state index in [1.54, 1.807) is 13.2 Å². The third-order valence-corrected chi connectivity index (χ3v) is 4.98. The van der Waals surface area contributed by atoms with Crippen molar-refractivity contribution >= 4 is 29.1 Å². The summed E-state index contributed by atoms with van der Waals surface area (Å²) in [6, 6.07) is 12.8. The van der Waals surface area contributed by atoms with E-state index in [4.69, 9.17) is 27.9 Å². The number of carbonyl (C=O) groups excluding carboxylic acids is 1. The van der Waals surface area contributed by atoms with Crippen LogP contribution in [0.15, 0.2) is 42.5 Å². The first-order valence-corrected chi connectivity index (χ1v) is 8.71. The zero-order valence-electron chi connectivity index (χ0n) is 14.6. The van der Waals surface area contributed by atoms with E-state index in [2.05, 4.69) is 5.32 Å². The second-order valence-electron chi connectivity index (χ2n) is 5.87. The normalized spacial score (nSPS) is 12.1. The maximum Gasteiger partial charge on any atom is 0.237 e. The van der Waals surface area contributed by atoms with Gasteiger partial charge in [0.15, 0.2) is 0 Å². The van der Waals surface area contributed by atoms with Crippen LogP contribution in [-0.2, 0) is 17.9 Å². The first-order chi connectivity index (χ1) is 11.9. The lowest BCUT2D eigenvalue weighted by Gasteiger charge is -2.24. The van der Waals surface area contributed by atoms with Gasteiger partial charge < -0.3 is 10.1 Å². The lowest BCUT2D eigenvalue weighted by Crippen LogP contribution is -2.42. The van der Waals surface area contributed by atoms with E-state index < -0.39 is 0 Å². The fraction of sp³-hybridized carbons (Fsp3) is 0.316. The van der Waals surface area contributed by atoms with Crippen LogP contribution in [0.5, 0.6) is 5.75 Å². The molecule has 6 heteroatoms. The summed E-state index contributed by atoms with van der Waals surface area (Å²) in [4.78, 5) is 14.3. The van der Waals surface area contributed by atoms with Gasteiger partial charge in [0, 0.05) is 13.1 Å². The predicted molar refractivity (Wildman–Crippen MR) is 102 cm³/mol. The van der Waals surface area contributed by atoms with Crippen molar-refractivity contribution < 1.29 is 9.53 Å². The monoisotopic (exact) mass is 380 g/mol. The summed E-state index contributed by atoms with van der Waals surface area (Å²) in [5, 5.41) is 4.00. The molecule has 4 nitrogen and oxygen atoms in total. The van der Waals surface area contributed by atoms with Crippen molar-refractivity contribution in [1.29, 1.82) is 0 Å². The van der Waals surface area contributed by atoms with Crippen molar-refractivity contribution in [3.63, 3.8) is 0 Å². The summed E-state index contributed by atoms with van der Waals surface area (Å²) < 4.78 is 5.12. The molecule has 0 aromatic heterocycles. The molecular weight excluding hydrogens is 359 g/mol. The fourth-order valence-electron chi connectivity index (χ4n) is 2.36. The van der Waals surface area contributed by atoms with Crippen molar-refractivity contribution in [2.45, 2.75) is 26.1 Å². The number of halogens is 2. The number of rotatable bonds is 7. The molecule has 1 atom stereocenters. The van der Waals surface area contributed by atoms with Gasteiger partial charge in [-0.3, -0.25) is 9.69 Å². The van der Waals surface area contributed by atoms with Crippen molar-refractivity contribution in [3.05, 3.63) is 63.6 Å². The van der Waals surface area contributed by atoms with Crippen molar-refractivity contribution in [3.8, 4) is 5.75 Å². The Balaban J connectivity index is 1.90. The maximum absolute atomic E-state index is 12.4. The van der Waals surface area contributed by atoms with E-state index in [1.165, 1.54) is 0 Å². The second-order valence-corrected chi connectivity index (χ2v) is 6.66. The Morgan fingerprint density at radius 2 is 1.88 bits per heavy atom. The topological polar surface area (TPSA) is 41.6 Å². The number of hydrogen-bond donors (Lipinski definition) is 1. The molecule has 0 aliphatic rings. The van der Waals surface area contributed by atoms with Gasteiger partial charge in [-0.15, -0.1) is 0 Å². The van der Waals surface area contributed by atoms with Crippen LogP contribution in [-0.4, -0.2) is 31.0 Å². The Hall–Kier alpha value is -1.75. The molecule has 0 spiro atoms. The fourth-order valence-corrected chi connectivity index (χ4v) is 2.74. The molecule has 0 aliphatic heterocycles. The lowest BCUT2D eigenvalue weighted by atomic mass is 10.1. The molecule has 0 aliphatic carbocycles. The second kappa shape index (κ2) is 9.09. The summed E-state index contributed by atoms with van der Waals surface area (Å²) in [7, 11) is 3.51. The molecular formula is C19H22Cl2N2O2. The smallest absolute Gasteiger partial charge is 0.237 e. The minimum absolute atomic E-state index is 0.0449. The highest BCUT2D eigenvalue weighted by molar-refractivity contribution is 6.42. The first kappa shape index (κ1) is 19.6. The third-order valence-electron chi connectivity index (χ3n) is 4.12. The lowest BCUT2D eigenvalue weighted by molar-refractivity contribution is -0.125. The van der Waals surface area contributed by atoms with Gasteiger partial charge in [-0.25, -0.2) is 0 Å². The molecule has 2 aromatic carbocycles. The molecule has 0 heterocycles. The van der Waals surface area contributed by atoms with Crippen LogP contribution in [0, 0.1) is 0 Å². The molecule has 2 aromatic rings. The quantitative estimate of drug-likeness (QED) is 0.784. The van der Waals surface area contributed by atoms with Crippen molar-refractivity contribution in [2.75, 3.05) is 14.2 Å². The average Bonchev–Trinajstić information content (AvgIpc) is 2.63. The first-order valence-electron chi connectivity index (χ1n) is 7.96. The van der Waals surface area contributed by atoms with Gasteiger partial charge in [0.25, 0.3) is 0 Å². The van der Waals surface area contributed by atoms with Crippen LogP contribution in [0.3, 0.4) is 0 Å². The van der Waals surface area contributed by atoms with Crippen LogP contribution in [0.25, 0.3) is 0 Å². The average molecular weight is 381 g/mol. The van der Waals surface area contributed by atoms with Crippen LogP contribution in [0.4, 0.5) is 0 Å². The molecule has 134 valence electrons. The van der Waals surface area contributed by atoms with E-state index in [0.717, 1.165) is 16.9 Å². The molecule has 1 amide bonds. The van der Waals surface area contributed by atoms with E-state index in [-0.39, 0.29) is 11.9 Å². The van der Waals surface area contributed by atoms with E-state index in [1.807, 2.05) is 55.3 Å². The van der Waals surface area contributed by atoms with Crippen molar-refractivity contribution in [1.82, 2.24) is 10.2 Å². The number of likely N-dealkylation sites (N-methyl/N-ethyl adjacent to an activating group) is 1. The molecule has 2 rings (SSSR count). The number of amides is 1. The molecule has 0 saturated heterocycles.